The van der Waals surface area contributed by atoms with Crippen molar-refractivity contribution in [3.8, 4) is 6.07 Å². The van der Waals surface area contributed by atoms with E-state index in [4.69, 9.17) is 9.78 Å². The second kappa shape index (κ2) is 4.64. The summed E-state index contributed by atoms with van der Waals surface area (Å²) in [5, 5.41) is 15.6. The van der Waals surface area contributed by atoms with Crippen LogP contribution in [0.15, 0.2) is 29.0 Å². The van der Waals surface area contributed by atoms with Crippen LogP contribution in [0.25, 0.3) is 0 Å². The normalized spacial score (nSPS) is 10.2. The van der Waals surface area contributed by atoms with Crippen LogP contribution < -0.4 is 5.32 Å². The summed E-state index contributed by atoms with van der Waals surface area (Å²) in [6.07, 6.45) is 3.55. The fourth-order valence-electron chi connectivity index (χ4n) is 1.50. The molecule has 16 heavy (non-hydrogen) atoms. The molecule has 5 nitrogen and oxygen atoms in total. The highest BCUT2D eigenvalue weighted by atomic mass is 16.5. The van der Waals surface area contributed by atoms with Gasteiger partial charge in [-0.15, -0.1) is 0 Å². The maximum atomic E-state index is 8.79. The average Bonchev–Trinajstić information content (AvgIpc) is 2.88. The van der Waals surface area contributed by atoms with Crippen molar-refractivity contribution in [3.63, 3.8) is 0 Å². The number of nitriles is 1. The lowest BCUT2D eigenvalue weighted by molar-refractivity contribution is 0.373. The summed E-state index contributed by atoms with van der Waals surface area (Å²) in [4.78, 5) is 0. The van der Waals surface area contributed by atoms with Crippen molar-refractivity contribution < 1.29 is 4.52 Å². The molecule has 0 amide bonds. The molecule has 2 rings (SSSR count). The van der Waals surface area contributed by atoms with Gasteiger partial charge in [0, 0.05) is 25.9 Å². The monoisotopic (exact) mass is 216 g/mol. The quantitative estimate of drug-likeness (QED) is 0.833. The number of aromatic nitrogens is 2. The first-order chi connectivity index (χ1) is 7.79. The highest BCUT2D eigenvalue weighted by molar-refractivity contribution is 5.28. The van der Waals surface area contributed by atoms with Crippen molar-refractivity contribution >= 4 is 0 Å². The lowest BCUT2D eigenvalue weighted by Crippen LogP contribution is -2.11. The van der Waals surface area contributed by atoms with Crippen LogP contribution in [0.5, 0.6) is 0 Å². The van der Waals surface area contributed by atoms with E-state index in [0.29, 0.717) is 18.8 Å². The molecule has 0 saturated carbocycles. The number of hydrogen-bond donors (Lipinski definition) is 1. The Bertz CT molecular complexity index is 493. The Balaban J connectivity index is 1.88. The van der Waals surface area contributed by atoms with E-state index < -0.39 is 0 Å². The average molecular weight is 216 g/mol. The van der Waals surface area contributed by atoms with Crippen LogP contribution in [0.2, 0.25) is 0 Å². The lowest BCUT2D eigenvalue weighted by Gasteiger charge is -1.98. The zero-order chi connectivity index (χ0) is 11.4. The molecule has 5 heteroatoms. The third-order valence-electron chi connectivity index (χ3n) is 2.30. The van der Waals surface area contributed by atoms with Crippen LogP contribution >= 0.6 is 0 Å². The van der Waals surface area contributed by atoms with Crippen molar-refractivity contribution in [1.29, 1.82) is 5.26 Å². The van der Waals surface area contributed by atoms with Gasteiger partial charge in [-0.05, 0) is 11.6 Å². The molecule has 0 aliphatic rings. The van der Waals surface area contributed by atoms with Crippen LogP contribution in [0.1, 0.15) is 17.0 Å². The highest BCUT2D eigenvalue weighted by Crippen LogP contribution is 2.06. The van der Waals surface area contributed by atoms with Gasteiger partial charge in [-0.2, -0.15) is 5.26 Å². The van der Waals surface area contributed by atoms with Crippen molar-refractivity contribution in [1.82, 2.24) is 15.0 Å². The van der Waals surface area contributed by atoms with Gasteiger partial charge >= 0.3 is 0 Å². The molecule has 2 heterocycles. The van der Waals surface area contributed by atoms with Gasteiger partial charge in [0.2, 0.25) is 0 Å². The van der Waals surface area contributed by atoms with E-state index in [-0.39, 0.29) is 0 Å². The fourth-order valence-corrected chi connectivity index (χ4v) is 1.50. The van der Waals surface area contributed by atoms with Crippen molar-refractivity contribution in [3.05, 3.63) is 41.5 Å². The molecule has 2 aromatic heterocycles. The van der Waals surface area contributed by atoms with Gasteiger partial charge in [-0.1, -0.05) is 5.16 Å². The number of aryl methyl sites for hydroxylation is 1. The van der Waals surface area contributed by atoms with E-state index in [9.17, 15) is 0 Å². The van der Waals surface area contributed by atoms with Crippen molar-refractivity contribution in [2.24, 2.45) is 7.05 Å². The van der Waals surface area contributed by atoms with Crippen LogP contribution in [0, 0.1) is 11.3 Å². The Morgan fingerprint density at radius 1 is 1.56 bits per heavy atom. The second-order valence-corrected chi connectivity index (χ2v) is 3.54. The first-order valence-corrected chi connectivity index (χ1v) is 4.95. The summed E-state index contributed by atoms with van der Waals surface area (Å²) in [5.41, 5.74) is 1.75. The van der Waals surface area contributed by atoms with Gasteiger partial charge in [-0.25, -0.2) is 0 Å². The Morgan fingerprint density at radius 3 is 3.06 bits per heavy atom. The predicted octanol–water partition coefficient (Wildman–Crippen LogP) is 1.17. The number of rotatable bonds is 4. The van der Waals surface area contributed by atoms with Crippen LogP contribution in [0.4, 0.5) is 0 Å². The van der Waals surface area contributed by atoms with E-state index in [0.717, 1.165) is 11.3 Å². The molecule has 0 atom stereocenters. The molecule has 82 valence electrons. The van der Waals surface area contributed by atoms with Gasteiger partial charge < -0.3 is 14.4 Å². The minimum atomic E-state index is 0.636. The van der Waals surface area contributed by atoms with E-state index in [1.54, 1.807) is 6.20 Å². The third kappa shape index (κ3) is 2.30. The van der Waals surface area contributed by atoms with E-state index in [2.05, 4.69) is 16.5 Å². The molecule has 0 bridgehead atoms. The Hall–Kier alpha value is -2.06. The predicted molar refractivity (Wildman–Crippen MR) is 57.2 cm³/mol. The Morgan fingerprint density at radius 2 is 2.44 bits per heavy atom. The van der Waals surface area contributed by atoms with E-state index in [1.165, 1.54) is 0 Å². The topological polar surface area (TPSA) is 66.8 Å². The van der Waals surface area contributed by atoms with Gasteiger partial charge in [-0.3, -0.25) is 0 Å². The molecule has 2 aromatic rings. The SMILES string of the molecule is Cn1cc(CNCc2ccno2)cc1C#N. The fraction of sp³-hybridized carbons (Fsp3) is 0.273. The van der Waals surface area contributed by atoms with Crippen molar-refractivity contribution in [2.75, 3.05) is 0 Å². The minimum Gasteiger partial charge on any atom is -0.360 e. The van der Waals surface area contributed by atoms with E-state index in [1.807, 2.05) is 29.9 Å². The zero-order valence-corrected chi connectivity index (χ0v) is 8.97. The molecule has 1 N–H and O–H groups in total. The Kier molecular flexibility index (Phi) is 3.03. The standard InChI is InChI=1S/C11H12N4O/c1-15-8-9(4-10(15)5-12)6-13-7-11-2-3-14-16-11/h2-4,8,13H,6-7H2,1H3. The summed E-state index contributed by atoms with van der Waals surface area (Å²) < 4.78 is 6.76. The summed E-state index contributed by atoms with van der Waals surface area (Å²) in [6.45, 7) is 1.34. The molecule has 0 unspecified atom stereocenters. The van der Waals surface area contributed by atoms with Crippen LogP contribution in [-0.4, -0.2) is 9.72 Å². The molecule has 0 radical (unpaired) electrons. The minimum absolute atomic E-state index is 0.636. The van der Waals surface area contributed by atoms with Crippen LogP contribution in [-0.2, 0) is 20.1 Å². The number of hydrogen-bond acceptors (Lipinski definition) is 4. The summed E-state index contributed by atoms with van der Waals surface area (Å²) in [7, 11) is 1.86. The molecule has 0 aromatic carbocycles. The molecule has 0 aliphatic carbocycles. The van der Waals surface area contributed by atoms with E-state index >= 15 is 0 Å². The number of nitrogens with one attached hydrogen (secondary N) is 1. The molecule has 0 aliphatic heterocycles. The maximum absolute atomic E-state index is 8.79. The Labute approximate surface area is 93.3 Å². The highest BCUT2D eigenvalue weighted by Gasteiger charge is 2.02. The first-order valence-electron chi connectivity index (χ1n) is 4.95. The second-order valence-electron chi connectivity index (χ2n) is 3.54. The van der Waals surface area contributed by atoms with Gasteiger partial charge in [0.05, 0.1) is 12.7 Å². The molecule has 0 saturated heterocycles. The van der Waals surface area contributed by atoms with Crippen molar-refractivity contribution in [2.45, 2.75) is 13.1 Å². The molecule has 0 spiro atoms. The largest absolute Gasteiger partial charge is 0.360 e. The summed E-state index contributed by atoms with van der Waals surface area (Å²) in [5.74, 6) is 0.802. The molecular formula is C11H12N4O. The van der Waals surface area contributed by atoms with Gasteiger partial charge in [0.25, 0.3) is 0 Å². The summed E-state index contributed by atoms with van der Waals surface area (Å²) in [6, 6.07) is 5.81. The maximum Gasteiger partial charge on any atom is 0.150 e. The first kappa shape index (κ1) is 10.5. The smallest absolute Gasteiger partial charge is 0.150 e. The number of nitrogens with zero attached hydrogens (tertiary/aromatic N) is 3. The third-order valence-corrected chi connectivity index (χ3v) is 2.30. The van der Waals surface area contributed by atoms with Gasteiger partial charge in [0.1, 0.15) is 17.5 Å². The molecule has 0 fully saturated rings. The summed E-state index contributed by atoms with van der Waals surface area (Å²) >= 11 is 0. The zero-order valence-electron chi connectivity index (χ0n) is 8.97. The van der Waals surface area contributed by atoms with Gasteiger partial charge in [0.15, 0.2) is 0 Å². The van der Waals surface area contributed by atoms with Crippen LogP contribution in [0.3, 0.4) is 0 Å². The lowest BCUT2D eigenvalue weighted by atomic mass is 10.3. The molecular weight excluding hydrogens is 204 g/mol.